The average molecular weight is 276 g/mol. The van der Waals surface area contributed by atoms with E-state index < -0.39 is 5.97 Å². The van der Waals surface area contributed by atoms with Crippen LogP contribution in [-0.2, 0) is 4.74 Å². The number of anilines is 1. The number of benzene rings is 1. The van der Waals surface area contributed by atoms with Crippen molar-refractivity contribution in [2.24, 2.45) is 5.10 Å². The Balaban J connectivity index is 2.28. The molecule has 104 valence electrons. The number of carbonyl (C=O) groups is 1. The van der Waals surface area contributed by atoms with Crippen molar-refractivity contribution in [1.29, 1.82) is 0 Å². The van der Waals surface area contributed by atoms with Gasteiger partial charge in [-0.05, 0) is 28.1 Å². The van der Waals surface area contributed by atoms with Gasteiger partial charge in [0.05, 0.1) is 20.4 Å². The van der Waals surface area contributed by atoms with E-state index in [0.717, 1.165) is 4.79 Å². The van der Waals surface area contributed by atoms with E-state index in [1.54, 1.807) is 18.2 Å². The summed E-state index contributed by atoms with van der Waals surface area (Å²) >= 11 is 0. The zero-order valence-electron chi connectivity index (χ0n) is 10.8. The minimum atomic E-state index is -0.477. The lowest BCUT2D eigenvalue weighted by atomic mass is 10.1. The van der Waals surface area contributed by atoms with Crippen LogP contribution in [0.2, 0.25) is 0 Å². The number of nitrogens with zero attached hydrogens (tertiary/aromatic N) is 5. The summed E-state index contributed by atoms with van der Waals surface area (Å²) in [6.45, 7) is 0. The van der Waals surface area contributed by atoms with E-state index in [1.165, 1.54) is 20.4 Å². The molecule has 0 fully saturated rings. The summed E-state index contributed by atoms with van der Waals surface area (Å²) in [5.41, 5.74) is 6.48. The van der Waals surface area contributed by atoms with Gasteiger partial charge in [0.15, 0.2) is 0 Å². The van der Waals surface area contributed by atoms with Crippen LogP contribution in [0.5, 0.6) is 5.75 Å². The number of aromatic nitrogens is 4. The smallest absolute Gasteiger partial charge is 0.341 e. The lowest BCUT2D eigenvalue weighted by molar-refractivity contribution is 0.0597. The zero-order chi connectivity index (χ0) is 14.5. The van der Waals surface area contributed by atoms with Gasteiger partial charge in [0.1, 0.15) is 11.3 Å². The first kappa shape index (κ1) is 13.5. The molecule has 0 unspecified atom stereocenters. The third kappa shape index (κ3) is 2.71. The molecule has 0 aliphatic rings. The molecule has 0 atom stereocenters. The quantitative estimate of drug-likeness (QED) is 0.613. The standard InChI is InChI=1S/C11H12N6O3/c1-19-9-5-7(3-4-8(9)10(18)20-2)6-13-17-11(12)14-15-16-17/h3-6H,1-2H3,(H2,12,14,16). The van der Waals surface area contributed by atoms with Crippen molar-refractivity contribution >= 4 is 18.1 Å². The average Bonchev–Trinajstić information content (AvgIpc) is 2.89. The van der Waals surface area contributed by atoms with Crippen molar-refractivity contribution in [3.63, 3.8) is 0 Å². The monoisotopic (exact) mass is 276 g/mol. The minimum absolute atomic E-state index is 0.0689. The molecular formula is C11H12N6O3. The number of methoxy groups -OCH3 is 2. The Bertz CT molecular complexity index is 651. The molecule has 1 aromatic heterocycles. The van der Waals surface area contributed by atoms with Crippen LogP contribution in [-0.4, -0.2) is 46.7 Å². The van der Waals surface area contributed by atoms with Crippen LogP contribution < -0.4 is 10.5 Å². The van der Waals surface area contributed by atoms with Gasteiger partial charge in [-0.3, -0.25) is 0 Å². The fourth-order valence-electron chi connectivity index (χ4n) is 1.46. The molecule has 0 radical (unpaired) electrons. The van der Waals surface area contributed by atoms with Crippen LogP contribution in [0.4, 0.5) is 5.95 Å². The van der Waals surface area contributed by atoms with E-state index >= 15 is 0 Å². The van der Waals surface area contributed by atoms with Crippen molar-refractivity contribution in [1.82, 2.24) is 20.3 Å². The van der Waals surface area contributed by atoms with E-state index in [1.807, 2.05) is 0 Å². The second-order valence-corrected chi connectivity index (χ2v) is 3.62. The molecule has 2 rings (SSSR count). The molecule has 0 saturated heterocycles. The van der Waals surface area contributed by atoms with Gasteiger partial charge in [-0.15, -0.1) is 0 Å². The third-order valence-electron chi connectivity index (χ3n) is 2.42. The normalized spacial score (nSPS) is 10.7. The Kier molecular flexibility index (Phi) is 3.89. The second-order valence-electron chi connectivity index (χ2n) is 3.62. The number of rotatable bonds is 4. The summed E-state index contributed by atoms with van der Waals surface area (Å²) in [7, 11) is 2.76. The molecule has 1 aromatic carbocycles. The molecule has 20 heavy (non-hydrogen) atoms. The summed E-state index contributed by atoms with van der Waals surface area (Å²) in [5, 5.41) is 14.4. The summed E-state index contributed by atoms with van der Waals surface area (Å²) in [6.07, 6.45) is 1.48. The first-order chi connectivity index (χ1) is 9.65. The predicted octanol–water partition coefficient (Wildman–Crippen LogP) is -0.0673. The molecule has 0 aliphatic carbocycles. The van der Waals surface area contributed by atoms with Crippen molar-refractivity contribution in [3.8, 4) is 5.75 Å². The number of ether oxygens (including phenoxy) is 2. The molecule has 0 spiro atoms. The Labute approximate surface area is 114 Å². The van der Waals surface area contributed by atoms with Gasteiger partial charge in [0.25, 0.3) is 5.95 Å². The fourth-order valence-corrected chi connectivity index (χ4v) is 1.46. The lowest BCUT2D eigenvalue weighted by Crippen LogP contribution is -2.05. The maximum atomic E-state index is 11.5. The highest BCUT2D eigenvalue weighted by Gasteiger charge is 2.12. The predicted molar refractivity (Wildman–Crippen MR) is 69.6 cm³/mol. The van der Waals surface area contributed by atoms with Gasteiger partial charge in [-0.25, -0.2) is 4.79 Å². The Morgan fingerprint density at radius 2 is 2.25 bits per heavy atom. The molecule has 0 aliphatic heterocycles. The fraction of sp³-hybridized carbons (Fsp3) is 0.182. The topological polar surface area (TPSA) is 118 Å². The van der Waals surface area contributed by atoms with Gasteiger partial charge in [-0.2, -0.15) is 5.10 Å². The second kappa shape index (κ2) is 5.78. The van der Waals surface area contributed by atoms with Crippen LogP contribution >= 0.6 is 0 Å². The first-order valence-electron chi connectivity index (χ1n) is 5.50. The van der Waals surface area contributed by atoms with Crippen molar-refractivity contribution in [3.05, 3.63) is 29.3 Å². The van der Waals surface area contributed by atoms with Gasteiger partial charge < -0.3 is 15.2 Å². The highest BCUT2D eigenvalue weighted by Crippen LogP contribution is 2.20. The Hall–Kier alpha value is -2.97. The number of esters is 1. The largest absolute Gasteiger partial charge is 0.496 e. The van der Waals surface area contributed by atoms with Crippen LogP contribution in [0.3, 0.4) is 0 Å². The maximum absolute atomic E-state index is 11.5. The number of nitrogens with two attached hydrogens (primary N) is 1. The first-order valence-corrected chi connectivity index (χ1v) is 5.50. The number of hydrogen-bond donors (Lipinski definition) is 1. The van der Waals surface area contributed by atoms with E-state index in [0.29, 0.717) is 16.9 Å². The maximum Gasteiger partial charge on any atom is 0.341 e. The van der Waals surface area contributed by atoms with Crippen LogP contribution in [0.1, 0.15) is 15.9 Å². The number of carbonyl (C=O) groups excluding carboxylic acids is 1. The Morgan fingerprint density at radius 1 is 1.45 bits per heavy atom. The van der Waals surface area contributed by atoms with Crippen LogP contribution in [0.25, 0.3) is 0 Å². The van der Waals surface area contributed by atoms with Crippen molar-refractivity contribution in [2.75, 3.05) is 20.0 Å². The van der Waals surface area contributed by atoms with Gasteiger partial charge in [-0.1, -0.05) is 16.0 Å². The van der Waals surface area contributed by atoms with E-state index in [9.17, 15) is 4.79 Å². The van der Waals surface area contributed by atoms with E-state index in [4.69, 9.17) is 10.5 Å². The summed E-state index contributed by atoms with van der Waals surface area (Å²) in [6, 6.07) is 4.89. The molecule has 9 heteroatoms. The summed E-state index contributed by atoms with van der Waals surface area (Å²) in [4.78, 5) is 12.6. The SMILES string of the molecule is COC(=O)c1ccc(C=Nn2nnnc2N)cc1OC. The summed E-state index contributed by atoms with van der Waals surface area (Å²) in [5.74, 6) is -0.0278. The van der Waals surface area contributed by atoms with Gasteiger partial charge >= 0.3 is 5.97 Å². The molecule has 2 N–H and O–H groups in total. The van der Waals surface area contributed by atoms with Crippen molar-refractivity contribution in [2.45, 2.75) is 0 Å². The van der Waals surface area contributed by atoms with Crippen molar-refractivity contribution < 1.29 is 14.3 Å². The number of tetrazole rings is 1. The molecule has 1 heterocycles. The third-order valence-corrected chi connectivity index (χ3v) is 2.42. The lowest BCUT2D eigenvalue weighted by Gasteiger charge is -2.07. The zero-order valence-corrected chi connectivity index (χ0v) is 10.8. The van der Waals surface area contributed by atoms with E-state index in [2.05, 4.69) is 25.4 Å². The highest BCUT2D eigenvalue weighted by molar-refractivity contribution is 5.94. The molecule has 0 saturated carbocycles. The highest BCUT2D eigenvalue weighted by atomic mass is 16.5. The molecule has 9 nitrogen and oxygen atoms in total. The molecular weight excluding hydrogens is 264 g/mol. The number of nitrogen functional groups attached to an aromatic ring is 1. The molecule has 0 bridgehead atoms. The minimum Gasteiger partial charge on any atom is -0.496 e. The number of hydrogen-bond acceptors (Lipinski definition) is 8. The Morgan fingerprint density at radius 3 is 2.85 bits per heavy atom. The van der Waals surface area contributed by atoms with Crippen LogP contribution in [0.15, 0.2) is 23.3 Å². The molecule has 2 aromatic rings. The molecule has 0 amide bonds. The summed E-state index contributed by atoms with van der Waals surface area (Å²) < 4.78 is 9.79. The van der Waals surface area contributed by atoms with Gasteiger partial charge in [0, 0.05) is 0 Å². The van der Waals surface area contributed by atoms with E-state index in [-0.39, 0.29) is 5.95 Å². The van der Waals surface area contributed by atoms with Gasteiger partial charge in [0.2, 0.25) is 0 Å². The van der Waals surface area contributed by atoms with Crippen LogP contribution in [0, 0.1) is 0 Å².